The summed E-state index contributed by atoms with van der Waals surface area (Å²) in [4.78, 5) is 16.4. The number of rotatable bonds is 7. The molecule has 1 aliphatic carbocycles. The molecule has 5 nitrogen and oxygen atoms in total. The van der Waals surface area contributed by atoms with Crippen molar-refractivity contribution in [2.24, 2.45) is 13.0 Å². The summed E-state index contributed by atoms with van der Waals surface area (Å²) in [5.41, 5.74) is -1.06. The van der Waals surface area contributed by atoms with Crippen LogP contribution in [0.2, 0.25) is 0 Å². The smallest absolute Gasteiger partial charge is 0.351 e. The van der Waals surface area contributed by atoms with Crippen molar-refractivity contribution in [3.8, 4) is 5.88 Å². The maximum absolute atomic E-state index is 14.2. The number of alkyl halides is 2. The van der Waals surface area contributed by atoms with E-state index in [1.807, 2.05) is 18.5 Å². The molecule has 1 fully saturated rings. The van der Waals surface area contributed by atoms with Gasteiger partial charge in [-0.05, 0) is 24.8 Å². The molecule has 0 amide bonds. The lowest BCUT2D eigenvalue weighted by molar-refractivity contribution is -0.683. The first-order chi connectivity index (χ1) is 14.2. The molecule has 2 aromatic rings. The molecular weight excluding hydrogens is 470 g/mol. The molecule has 0 unspecified atom stereocenters. The largest absolute Gasteiger partial charge is 1.00 e. The summed E-state index contributed by atoms with van der Waals surface area (Å²) in [6.45, 7) is 3.93. The van der Waals surface area contributed by atoms with Gasteiger partial charge in [0, 0.05) is 32.1 Å². The fourth-order valence-electron chi connectivity index (χ4n) is 4.30. The Bertz CT molecular complexity index is 888. The molecule has 172 valence electrons. The number of imidazole rings is 1. The van der Waals surface area contributed by atoms with Gasteiger partial charge in [-0.15, -0.1) is 0 Å². The summed E-state index contributed by atoms with van der Waals surface area (Å²) in [6, 6.07) is 8.29. The van der Waals surface area contributed by atoms with Crippen molar-refractivity contribution in [2.75, 3.05) is 0 Å². The number of nitrogens with one attached hydrogen (secondary N) is 1. The molecule has 2 N–H and O–H groups in total. The average molecular weight is 501 g/mol. The molecule has 0 bridgehead atoms. The number of esters is 1. The Balaban J connectivity index is 0.00000341. The Kier molecular flexibility index (Phi) is 8.39. The Morgan fingerprint density at radius 2 is 2.03 bits per heavy atom. The zero-order chi connectivity index (χ0) is 21.9. The van der Waals surface area contributed by atoms with E-state index in [0.29, 0.717) is 12.8 Å². The third kappa shape index (κ3) is 5.34. The zero-order valence-corrected chi connectivity index (χ0v) is 19.8. The van der Waals surface area contributed by atoms with E-state index in [0.717, 1.165) is 24.4 Å². The summed E-state index contributed by atoms with van der Waals surface area (Å²) in [5, 5.41) is 11.6. The van der Waals surface area contributed by atoms with Crippen molar-refractivity contribution in [2.45, 2.75) is 70.3 Å². The monoisotopic (exact) mass is 500 g/mol. The summed E-state index contributed by atoms with van der Waals surface area (Å²) in [5.74, 6) is -3.69. The van der Waals surface area contributed by atoms with Crippen molar-refractivity contribution in [3.63, 3.8) is 0 Å². The number of aryl methyl sites for hydroxylation is 1. The van der Waals surface area contributed by atoms with Crippen LogP contribution in [0.1, 0.15) is 62.5 Å². The first-order valence-corrected chi connectivity index (χ1v) is 10.6. The fraction of sp³-hybridized carbons (Fsp3) is 0.565. The molecule has 31 heavy (non-hydrogen) atoms. The van der Waals surface area contributed by atoms with E-state index in [4.69, 9.17) is 4.74 Å². The SMILES string of the molecule is CCCCc1c(OC(=O)[C@](O)(c2ccccc2)[C@@H]2CCCC(F)(F)C2)[nH]c(C)[n+]1C.[Br-]. The molecule has 8 heteroatoms. The summed E-state index contributed by atoms with van der Waals surface area (Å²) in [7, 11) is 1.87. The first-order valence-electron chi connectivity index (χ1n) is 10.6. The van der Waals surface area contributed by atoms with Crippen molar-refractivity contribution >= 4 is 5.97 Å². The standard InChI is InChI=1S/C23H30F2N2O3.BrH/c1-4-5-13-19-20(26-16(2)27(19)3)30-21(28)23(29,17-10-7-6-8-11-17)18-12-9-14-22(24,25)15-18;/h6-8,10-11,18,29H,4-5,9,12-15H2,1-3H3;1H/t18-,23+;/m1./s1. The number of H-pyrrole nitrogens is 1. The van der Waals surface area contributed by atoms with E-state index >= 15 is 0 Å². The van der Waals surface area contributed by atoms with Gasteiger partial charge >= 0.3 is 11.8 Å². The van der Waals surface area contributed by atoms with Crippen LogP contribution in [0.4, 0.5) is 8.78 Å². The number of benzene rings is 1. The van der Waals surface area contributed by atoms with E-state index in [-0.39, 0.29) is 41.3 Å². The van der Waals surface area contributed by atoms with Gasteiger partial charge in [-0.3, -0.25) is 0 Å². The van der Waals surface area contributed by atoms with E-state index in [2.05, 4.69) is 11.9 Å². The number of carbonyl (C=O) groups excluding carboxylic acids is 1. The van der Waals surface area contributed by atoms with Crippen LogP contribution in [0, 0.1) is 12.8 Å². The van der Waals surface area contributed by atoms with Gasteiger partial charge < -0.3 is 26.8 Å². The topological polar surface area (TPSA) is 66.2 Å². The number of carbonyl (C=O) groups is 1. The van der Waals surface area contributed by atoms with Gasteiger partial charge in [0.15, 0.2) is 11.3 Å². The Morgan fingerprint density at radius 3 is 2.65 bits per heavy atom. The minimum Gasteiger partial charge on any atom is -1.00 e. The van der Waals surface area contributed by atoms with Gasteiger partial charge in [0.1, 0.15) is 0 Å². The van der Waals surface area contributed by atoms with Crippen LogP contribution in [0.5, 0.6) is 5.88 Å². The minimum absolute atomic E-state index is 0. The van der Waals surface area contributed by atoms with Crippen LogP contribution in [0.25, 0.3) is 0 Å². The van der Waals surface area contributed by atoms with Gasteiger partial charge in [0.2, 0.25) is 5.92 Å². The molecule has 0 spiro atoms. The van der Waals surface area contributed by atoms with Gasteiger partial charge in [-0.1, -0.05) is 43.7 Å². The van der Waals surface area contributed by atoms with Crippen molar-refractivity contribution in [3.05, 3.63) is 47.4 Å². The molecule has 1 aliphatic rings. The number of nitrogens with zero attached hydrogens (tertiary/aromatic N) is 1. The van der Waals surface area contributed by atoms with Crippen molar-refractivity contribution < 1.29 is 45.0 Å². The van der Waals surface area contributed by atoms with Crippen LogP contribution in [0.3, 0.4) is 0 Å². The Hall–Kier alpha value is -1.80. The van der Waals surface area contributed by atoms with Crippen molar-refractivity contribution in [1.82, 2.24) is 4.98 Å². The lowest BCUT2D eigenvalue weighted by Crippen LogP contribution is -3.00. The lowest BCUT2D eigenvalue weighted by atomic mass is 9.72. The summed E-state index contributed by atoms with van der Waals surface area (Å²) in [6.07, 6.45) is 2.39. The molecule has 1 aromatic carbocycles. The first kappa shape index (κ1) is 25.5. The second-order valence-electron chi connectivity index (χ2n) is 8.32. The van der Waals surface area contributed by atoms with E-state index < -0.39 is 29.8 Å². The van der Waals surface area contributed by atoms with Crippen LogP contribution >= 0.6 is 0 Å². The predicted octanol–water partition coefficient (Wildman–Crippen LogP) is 1.11. The second-order valence-corrected chi connectivity index (χ2v) is 8.32. The third-order valence-electron chi connectivity index (χ3n) is 6.18. The number of ether oxygens (including phenoxy) is 1. The van der Waals surface area contributed by atoms with Gasteiger partial charge in [0.25, 0.3) is 5.82 Å². The summed E-state index contributed by atoms with van der Waals surface area (Å²) >= 11 is 0. The van der Waals surface area contributed by atoms with E-state index in [9.17, 15) is 18.7 Å². The third-order valence-corrected chi connectivity index (χ3v) is 6.18. The number of hydrogen-bond acceptors (Lipinski definition) is 3. The molecule has 2 atom stereocenters. The molecule has 1 saturated carbocycles. The minimum atomic E-state index is -2.91. The maximum Gasteiger partial charge on any atom is 0.351 e. The predicted molar refractivity (Wildman–Crippen MR) is 108 cm³/mol. The Morgan fingerprint density at radius 1 is 1.35 bits per heavy atom. The normalized spacial score (nSPS) is 19.9. The van der Waals surface area contributed by atoms with E-state index in [1.54, 1.807) is 30.3 Å². The molecule has 3 rings (SSSR count). The average Bonchev–Trinajstić information content (AvgIpc) is 2.98. The molecular formula is C23H31BrF2N2O3. The molecule has 1 heterocycles. The molecule has 1 aromatic heterocycles. The number of aromatic nitrogens is 2. The molecule has 0 aliphatic heterocycles. The van der Waals surface area contributed by atoms with Crippen LogP contribution in [-0.4, -0.2) is 22.0 Å². The van der Waals surface area contributed by atoms with Crippen LogP contribution < -0.4 is 26.3 Å². The molecule has 0 saturated heterocycles. The quantitative estimate of drug-likeness (QED) is 0.442. The fourth-order valence-corrected chi connectivity index (χ4v) is 4.30. The number of aromatic amines is 1. The highest BCUT2D eigenvalue weighted by Gasteiger charge is 2.53. The van der Waals surface area contributed by atoms with Crippen molar-refractivity contribution in [1.29, 1.82) is 0 Å². The van der Waals surface area contributed by atoms with Crippen LogP contribution in [-0.2, 0) is 23.9 Å². The number of halogens is 3. The van der Waals surface area contributed by atoms with Gasteiger partial charge in [0.05, 0.1) is 7.05 Å². The van der Waals surface area contributed by atoms with E-state index in [1.165, 1.54) is 0 Å². The second kappa shape index (κ2) is 10.2. The highest BCUT2D eigenvalue weighted by molar-refractivity contribution is 5.83. The van der Waals surface area contributed by atoms with Crippen LogP contribution in [0.15, 0.2) is 30.3 Å². The highest BCUT2D eigenvalue weighted by atomic mass is 79.9. The molecule has 0 radical (unpaired) electrons. The lowest BCUT2D eigenvalue weighted by Gasteiger charge is -2.38. The number of aliphatic hydroxyl groups is 1. The van der Waals surface area contributed by atoms with Gasteiger partial charge in [-0.25, -0.2) is 23.1 Å². The number of hydrogen-bond donors (Lipinski definition) is 2. The maximum atomic E-state index is 14.2. The van der Waals surface area contributed by atoms with Gasteiger partial charge in [-0.2, -0.15) is 0 Å². The zero-order valence-electron chi connectivity index (χ0n) is 18.3. The Labute approximate surface area is 192 Å². The highest BCUT2D eigenvalue weighted by Crippen LogP contribution is 2.46. The number of unbranched alkanes of at least 4 members (excludes halogenated alkanes) is 1. The summed E-state index contributed by atoms with van der Waals surface area (Å²) < 4.78 is 35.9.